The third-order valence-electron chi connectivity index (χ3n) is 1.72. The summed E-state index contributed by atoms with van der Waals surface area (Å²) < 4.78 is 2.52. The molecule has 0 bridgehead atoms. The summed E-state index contributed by atoms with van der Waals surface area (Å²) in [5.41, 5.74) is 0.696. The van der Waals surface area contributed by atoms with Crippen LogP contribution in [0.1, 0.15) is 0 Å². The number of rotatable bonds is 1. The zero-order chi connectivity index (χ0) is 10.1. The molecule has 14 heavy (non-hydrogen) atoms. The molecule has 2 aromatic rings. The van der Waals surface area contributed by atoms with E-state index in [0.717, 1.165) is 4.47 Å². The SMILES string of the molecule is Clc1cccc(Cl)c1-n1cc(Br)cn1. The maximum atomic E-state index is 6.01. The van der Waals surface area contributed by atoms with Gasteiger partial charge in [0.05, 0.1) is 20.7 Å². The standard InChI is InChI=1S/C9H5BrCl2N2/c10-6-4-13-14(5-6)9-7(11)2-1-3-8(9)12/h1-5H. The molecule has 2 rings (SSSR count). The third-order valence-corrected chi connectivity index (χ3v) is 2.74. The smallest absolute Gasteiger partial charge is 0.102 e. The van der Waals surface area contributed by atoms with Gasteiger partial charge in [0, 0.05) is 6.20 Å². The van der Waals surface area contributed by atoms with E-state index in [-0.39, 0.29) is 0 Å². The highest BCUT2D eigenvalue weighted by Gasteiger charge is 2.08. The van der Waals surface area contributed by atoms with E-state index in [1.54, 1.807) is 35.3 Å². The van der Waals surface area contributed by atoms with Gasteiger partial charge in [0.2, 0.25) is 0 Å². The van der Waals surface area contributed by atoms with Gasteiger partial charge in [-0.3, -0.25) is 0 Å². The van der Waals surface area contributed by atoms with Crippen LogP contribution < -0.4 is 0 Å². The lowest BCUT2D eigenvalue weighted by Crippen LogP contribution is -1.95. The first kappa shape index (κ1) is 10.0. The van der Waals surface area contributed by atoms with E-state index in [0.29, 0.717) is 15.7 Å². The molecule has 0 saturated heterocycles. The molecule has 5 heteroatoms. The molecular weight excluding hydrogens is 287 g/mol. The van der Waals surface area contributed by atoms with E-state index in [4.69, 9.17) is 23.2 Å². The Morgan fingerprint density at radius 2 is 1.86 bits per heavy atom. The molecule has 1 aromatic heterocycles. The Kier molecular flexibility index (Phi) is 2.81. The molecule has 0 N–H and O–H groups in total. The van der Waals surface area contributed by atoms with Crippen LogP contribution in [0.15, 0.2) is 35.1 Å². The number of hydrogen-bond donors (Lipinski definition) is 0. The molecule has 72 valence electrons. The summed E-state index contributed by atoms with van der Waals surface area (Å²) in [5, 5.41) is 5.26. The van der Waals surface area contributed by atoms with Crippen molar-refractivity contribution in [3.8, 4) is 5.69 Å². The molecule has 2 nitrogen and oxygen atoms in total. The van der Waals surface area contributed by atoms with Crippen molar-refractivity contribution in [2.24, 2.45) is 0 Å². The molecule has 1 heterocycles. The second-order valence-electron chi connectivity index (χ2n) is 2.67. The van der Waals surface area contributed by atoms with Crippen LogP contribution in [0.4, 0.5) is 0 Å². The molecule has 0 spiro atoms. The predicted octanol–water partition coefficient (Wildman–Crippen LogP) is 3.94. The Morgan fingerprint density at radius 1 is 1.21 bits per heavy atom. The first-order valence-corrected chi connectivity index (χ1v) is 5.38. The minimum absolute atomic E-state index is 0.577. The fourth-order valence-corrected chi connectivity index (χ4v) is 1.99. The number of benzene rings is 1. The molecule has 0 saturated carbocycles. The second-order valence-corrected chi connectivity index (χ2v) is 4.40. The lowest BCUT2D eigenvalue weighted by atomic mass is 10.3. The lowest BCUT2D eigenvalue weighted by Gasteiger charge is -2.05. The molecule has 0 unspecified atom stereocenters. The minimum Gasteiger partial charge on any atom is -0.237 e. The van der Waals surface area contributed by atoms with Crippen molar-refractivity contribution < 1.29 is 0 Å². The topological polar surface area (TPSA) is 17.8 Å². The number of aromatic nitrogens is 2. The number of para-hydroxylation sites is 1. The van der Waals surface area contributed by atoms with Crippen LogP contribution in [-0.2, 0) is 0 Å². The van der Waals surface area contributed by atoms with Crippen molar-refractivity contribution in [1.29, 1.82) is 0 Å². The maximum absolute atomic E-state index is 6.01. The van der Waals surface area contributed by atoms with Crippen LogP contribution >= 0.6 is 39.1 Å². The van der Waals surface area contributed by atoms with Crippen LogP contribution in [0.3, 0.4) is 0 Å². The normalized spacial score (nSPS) is 10.5. The summed E-state index contributed by atoms with van der Waals surface area (Å²) in [4.78, 5) is 0. The van der Waals surface area contributed by atoms with Gasteiger partial charge < -0.3 is 0 Å². The quantitative estimate of drug-likeness (QED) is 0.778. The highest BCUT2D eigenvalue weighted by Crippen LogP contribution is 2.28. The van der Waals surface area contributed by atoms with E-state index in [1.165, 1.54) is 0 Å². The summed E-state index contributed by atoms with van der Waals surface area (Å²) in [5.74, 6) is 0. The highest BCUT2D eigenvalue weighted by molar-refractivity contribution is 9.10. The molecule has 1 aromatic carbocycles. The van der Waals surface area contributed by atoms with E-state index < -0.39 is 0 Å². The van der Waals surface area contributed by atoms with Crippen molar-refractivity contribution in [3.63, 3.8) is 0 Å². The van der Waals surface area contributed by atoms with Crippen LogP contribution in [0, 0.1) is 0 Å². The first-order chi connectivity index (χ1) is 6.68. The molecule has 0 aliphatic heterocycles. The van der Waals surface area contributed by atoms with Gasteiger partial charge in [0.25, 0.3) is 0 Å². The Bertz CT molecular complexity index is 447. The number of halogens is 3. The largest absolute Gasteiger partial charge is 0.237 e. The van der Waals surface area contributed by atoms with Gasteiger partial charge in [0.15, 0.2) is 0 Å². The third kappa shape index (κ3) is 1.80. The van der Waals surface area contributed by atoms with Gasteiger partial charge in [-0.05, 0) is 28.1 Å². The van der Waals surface area contributed by atoms with Gasteiger partial charge in [-0.25, -0.2) is 4.68 Å². The second kappa shape index (κ2) is 3.93. The monoisotopic (exact) mass is 290 g/mol. The van der Waals surface area contributed by atoms with Crippen molar-refractivity contribution in [2.75, 3.05) is 0 Å². The Labute approximate surface area is 99.6 Å². The fourth-order valence-electron chi connectivity index (χ4n) is 1.13. The summed E-state index contributed by atoms with van der Waals surface area (Å²) in [6.07, 6.45) is 3.48. The van der Waals surface area contributed by atoms with Gasteiger partial charge in [-0.1, -0.05) is 29.3 Å². The van der Waals surface area contributed by atoms with Gasteiger partial charge in [-0.15, -0.1) is 0 Å². The zero-order valence-electron chi connectivity index (χ0n) is 6.92. The minimum atomic E-state index is 0.577. The predicted molar refractivity (Wildman–Crippen MR) is 61.3 cm³/mol. The van der Waals surface area contributed by atoms with Crippen LogP contribution in [-0.4, -0.2) is 9.78 Å². The van der Waals surface area contributed by atoms with Crippen LogP contribution in [0.5, 0.6) is 0 Å². The van der Waals surface area contributed by atoms with Crippen LogP contribution in [0.25, 0.3) is 5.69 Å². The average Bonchev–Trinajstić information content (AvgIpc) is 2.51. The molecule has 0 atom stereocenters. The summed E-state index contributed by atoms with van der Waals surface area (Å²) in [6, 6.07) is 5.35. The van der Waals surface area contributed by atoms with Gasteiger partial charge >= 0.3 is 0 Å². The van der Waals surface area contributed by atoms with Gasteiger partial charge in [-0.2, -0.15) is 5.10 Å². The average molecular weight is 292 g/mol. The Balaban J connectivity index is 2.61. The summed E-state index contributed by atoms with van der Waals surface area (Å²) in [6.45, 7) is 0. The zero-order valence-corrected chi connectivity index (χ0v) is 10.0. The first-order valence-electron chi connectivity index (χ1n) is 3.83. The Morgan fingerprint density at radius 3 is 2.36 bits per heavy atom. The molecule has 0 aliphatic rings. The van der Waals surface area contributed by atoms with E-state index in [2.05, 4.69) is 21.0 Å². The molecule has 0 amide bonds. The van der Waals surface area contributed by atoms with Crippen molar-refractivity contribution in [1.82, 2.24) is 9.78 Å². The molecular formula is C9H5BrCl2N2. The van der Waals surface area contributed by atoms with Crippen molar-refractivity contribution >= 4 is 39.1 Å². The highest BCUT2D eigenvalue weighted by atomic mass is 79.9. The van der Waals surface area contributed by atoms with E-state index in [9.17, 15) is 0 Å². The van der Waals surface area contributed by atoms with E-state index >= 15 is 0 Å². The number of hydrogen-bond acceptors (Lipinski definition) is 1. The van der Waals surface area contributed by atoms with Crippen molar-refractivity contribution in [2.45, 2.75) is 0 Å². The Hall–Kier alpha value is -0.510. The molecule has 0 fully saturated rings. The maximum Gasteiger partial charge on any atom is 0.102 e. The fraction of sp³-hybridized carbons (Fsp3) is 0. The number of nitrogens with zero attached hydrogens (tertiary/aromatic N) is 2. The van der Waals surface area contributed by atoms with Gasteiger partial charge in [0.1, 0.15) is 5.69 Å². The molecule has 0 aliphatic carbocycles. The van der Waals surface area contributed by atoms with Crippen molar-refractivity contribution in [3.05, 3.63) is 45.1 Å². The summed E-state index contributed by atoms with van der Waals surface area (Å²) in [7, 11) is 0. The molecule has 0 radical (unpaired) electrons. The summed E-state index contributed by atoms with van der Waals surface area (Å²) >= 11 is 15.3. The van der Waals surface area contributed by atoms with Crippen LogP contribution in [0.2, 0.25) is 10.0 Å². The van der Waals surface area contributed by atoms with E-state index in [1.807, 2.05) is 0 Å². The lowest BCUT2D eigenvalue weighted by molar-refractivity contribution is 0.881.